The Kier molecular flexibility index (Phi) is 7.70. The molecule has 0 fully saturated rings. The van der Waals surface area contributed by atoms with Crippen LogP contribution in [0, 0.1) is 0 Å². The summed E-state index contributed by atoms with van der Waals surface area (Å²) in [7, 11) is 0. The van der Waals surface area contributed by atoms with Gasteiger partial charge in [-0.3, -0.25) is 9.59 Å². The predicted molar refractivity (Wildman–Crippen MR) is 60.9 cm³/mol. The first-order valence-corrected chi connectivity index (χ1v) is 5.48. The number of carboxylic acid groups (broad SMARTS) is 1. The third kappa shape index (κ3) is 8.21. The van der Waals surface area contributed by atoms with E-state index in [1.54, 1.807) is 0 Å². The first-order chi connectivity index (χ1) is 7.97. The Morgan fingerprint density at radius 2 is 1.82 bits per heavy atom. The molecule has 6 N–H and O–H groups in total. The number of unbranched alkanes of at least 4 members (excludes halogenated alkanes) is 1. The standard InChI is InChI=1S/C10H19N3O4/c11-6-2-1-3-9(15)13-7(10(16)17)4-5-8(12)14/h7H,1-6,11H2,(H2,12,14)(H,13,15)(H,16,17)/t7-/m1/s1. The average molecular weight is 245 g/mol. The fourth-order valence-electron chi connectivity index (χ4n) is 1.24. The monoisotopic (exact) mass is 245 g/mol. The number of amides is 2. The van der Waals surface area contributed by atoms with Crippen LogP contribution in [-0.4, -0.2) is 35.5 Å². The van der Waals surface area contributed by atoms with E-state index in [0.29, 0.717) is 19.4 Å². The largest absolute Gasteiger partial charge is 0.480 e. The third-order valence-electron chi connectivity index (χ3n) is 2.17. The van der Waals surface area contributed by atoms with Crippen molar-refractivity contribution in [3.8, 4) is 0 Å². The molecule has 0 aromatic rings. The Labute approximate surface area is 99.5 Å². The number of aliphatic carboxylic acids is 1. The molecule has 98 valence electrons. The molecule has 0 aliphatic rings. The Morgan fingerprint density at radius 3 is 2.29 bits per heavy atom. The number of carbonyl (C=O) groups excluding carboxylic acids is 2. The van der Waals surface area contributed by atoms with E-state index in [4.69, 9.17) is 16.6 Å². The fraction of sp³-hybridized carbons (Fsp3) is 0.700. The number of nitrogens with one attached hydrogen (secondary N) is 1. The normalized spacial score (nSPS) is 11.8. The Morgan fingerprint density at radius 1 is 1.18 bits per heavy atom. The summed E-state index contributed by atoms with van der Waals surface area (Å²) in [5.41, 5.74) is 10.2. The van der Waals surface area contributed by atoms with Gasteiger partial charge in [-0.15, -0.1) is 0 Å². The highest BCUT2D eigenvalue weighted by Crippen LogP contribution is 2.00. The zero-order chi connectivity index (χ0) is 13.3. The van der Waals surface area contributed by atoms with Crippen LogP contribution in [0.5, 0.6) is 0 Å². The highest BCUT2D eigenvalue weighted by atomic mass is 16.4. The van der Waals surface area contributed by atoms with Crippen LogP contribution >= 0.6 is 0 Å². The molecule has 0 aromatic carbocycles. The molecule has 0 radical (unpaired) electrons. The summed E-state index contributed by atoms with van der Waals surface area (Å²) in [6.07, 6.45) is 1.50. The lowest BCUT2D eigenvalue weighted by Crippen LogP contribution is -2.41. The minimum absolute atomic E-state index is 0.00724. The van der Waals surface area contributed by atoms with Crippen molar-refractivity contribution in [1.82, 2.24) is 5.32 Å². The van der Waals surface area contributed by atoms with Crippen LogP contribution in [0.3, 0.4) is 0 Å². The van der Waals surface area contributed by atoms with E-state index in [0.717, 1.165) is 0 Å². The van der Waals surface area contributed by atoms with Gasteiger partial charge in [-0.1, -0.05) is 0 Å². The molecule has 2 amide bonds. The molecule has 0 bridgehead atoms. The number of carbonyl (C=O) groups is 3. The van der Waals surface area contributed by atoms with Crippen LogP contribution in [0.2, 0.25) is 0 Å². The van der Waals surface area contributed by atoms with E-state index in [2.05, 4.69) is 5.32 Å². The van der Waals surface area contributed by atoms with Gasteiger partial charge >= 0.3 is 5.97 Å². The Balaban J connectivity index is 4.02. The summed E-state index contributed by atoms with van der Waals surface area (Å²) in [6, 6.07) is -1.06. The number of carboxylic acids is 1. The van der Waals surface area contributed by atoms with Crippen molar-refractivity contribution in [2.75, 3.05) is 6.54 Å². The summed E-state index contributed by atoms with van der Waals surface area (Å²) in [4.78, 5) is 32.7. The van der Waals surface area contributed by atoms with Crippen LogP contribution in [0.15, 0.2) is 0 Å². The van der Waals surface area contributed by atoms with Gasteiger partial charge in [0.05, 0.1) is 0 Å². The Bertz CT molecular complexity index is 281. The number of nitrogens with two attached hydrogens (primary N) is 2. The first kappa shape index (κ1) is 15.4. The zero-order valence-corrected chi connectivity index (χ0v) is 9.65. The topological polar surface area (TPSA) is 136 Å². The molecule has 0 unspecified atom stereocenters. The molecule has 0 saturated heterocycles. The lowest BCUT2D eigenvalue weighted by Gasteiger charge is -2.13. The van der Waals surface area contributed by atoms with Gasteiger partial charge in [0.25, 0.3) is 0 Å². The molecule has 0 heterocycles. The smallest absolute Gasteiger partial charge is 0.326 e. The molecule has 0 aromatic heterocycles. The number of rotatable bonds is 9. The van der Waals surface area contributed by atoms with Gasteiger partial charge < -0.3 is 21.9 Å². The van der Waals surface area contributed by atoms with Crippen LogP contribution in [-0.2, 0) is 14.4 Å². The molecule has 0 saturated carbocycles. The van der Waals surface area contributed by atoms with Crippen LogP contribution in [0.25, 0.3) is 0 Å². The second kappa shape index (κ2) is 8.51. The molecular formula is C10H19N3O4. The predicted octanol–water partition coefficient (Wildman–Crippen LogP) is -1.05. The number of hydrogen-bond acceptors (Lipinski definition) is 4. The SMILES string of the molecule is NCCCCC(=O)N[C@H](CCC(N)=O)C(=O)O. The second-order valence-corrected chi connectivity index (χ2v) is 3.71. The van der Waals surface area contributed by atoms with E-state index in [-0.39, 0.29) is 25.2 Å². The highest BCUT2D eigenvalue weighted by Gasteiger charge is 2.19. The van der Waals surface area contributed by atoms with Gasteiger partial charge in [-0.05, 0) is 25.8 Å². The lowest BCUT2D eigenvalue weighted by atomic mass is 10.1. The van der Waals surface area contributed by atoms with Crippen molar-refractivity contribution in [1.29, 1.82) is 0 Å². The molecule has 7 heteroatoms. The summed E-state index contributed by atoms with van der Waals surface area (Å²) >= 11 is 0. The maximum absolute atomic E-state index is 11.3. The van der Waals surface area contributed by atoms with Crippen LogP contribution in [0.4, 0.5) is 0 Å². The summed E-state index contributed by atoms with van der Waals surface area (Å²) in [5, 5.41) is 11.2. The van der Waals surface area contributed by atoms with E-state index in [9.17, 15) is 14.4 Å². The maximum atomic E-state index is 11.3. The fourth-order valence-corrected chi connectivity index (χ4v) is 1.24. The van der Waals surface area contributed by atoms with Crippen LogP contribution < -0.4 is 16.8 Å². The van der Waals surface area contributed by atoms with Gasteiger partial charge in [-0.2, -0.15) is 0 Å². The molecule has 0 aliphatic heterocycles. The van der Waals surface area contributed by atoms with E-state index in [1.807, 2.05) is 0 Å². The van der Waals surface area contributed by atoms with Crippen molar-refractivity contribution in [2.24, 2.45) is 11.5 Å². The van der Waals surface area contributed by atoms with Gasteiger partial charge in [0.15, 0.2) is 0 Å². The molecule has 0 rings (SSSR count). The minimum Gasteiger partial charge on any atom is -0.480 e. The van der Waals surface area contributed by atoms with Gasteiger partial charge in [0.2, 0.25) is 11.8 Å². The van der Waals surface area contributed by atoms with Crippen molar-refractivity contribution in [3.63, 3.8) is 0 Å². The summed E-state index contributed by atoms with van der Waals surface area (Å²) in [6.45, 7) is 0.497. The second-order valence-electron chi connectivity index (χ2n) is 3.71. The summed E-state index contributed by atoms with van der Waals surface area (Å²) in [5.74, 6) is -2.11. The lowest BCUT2D eigenvalue weighted by molar-refractivity contribution is -0.142. The van der Waals surface area contributed by atoms with Gasteiger partial charge in [-0.25, -0.2) is 4.79 Å². The van der Waals surface area contributed by atoms with Crippen molar-refractivity contribution in [2.45, 2.75) is 38.1 Å². The quantitative estimate of drug-likeness (QED) is 0.384. The third-order valence-corrected chi connectivity index (χ3v) is 2.17. The minimum atomic E-state index is -1.17. The molecule has 0 aliphatic carbocycles. The zero-order valence-electron chi connectivity index (χ0n) is 9.65. The average Bonchev–Trinajstić information content (AvgIpc) is 2.23. The van der Waals surface area contributed by atoms with Crippen molar-refractivity contribution >= 4 is 17.8 Å². The van der Waals surface area contributed by atoms with Gasteiger partial charge in [0, 0.05) is 12.8 Å². The van der Waals surface area contributed by atoms with Crippen molar-refractivity contribution in [3.05, 3.63) is 0 Å². The van der Waals surface area contributed by atoms with E-state index in [1.165, 1.54) is 0 Å². The highest BCUT2D eigenvalue weighted by molar-refractivity contribution is 5.84. The molecule has 7 nitrogen and oxygen atoms in total. The van der Waals surface area contributed by atoms with Crippen molar-refractivity contribution < 1.29 is 19.5 Å². The molecular weight excluding hydrogens is 226 g/mol. The summed E-state index contributed by atoms with van der Waals surface area (Å²) < 4.78 is 0. The first-order valence-electron chi connectivity index (χ1n) is 5.48. The maximum Gasteiger partial charge on any atom is 0.326 e. The molecule has 0 spiro atoms. The molecule has 17 heavy (non-hydrogen) atoms. The number of primary amides is 1. The Hall–Kier alpha value is -1.63. The van der Waals surface area contributed by atoms with Crippen LogP contribution in [0.1, 0.15) is 32.1 Å². The van der Waals surface area contributed by atoms with E-state index < -0.39 is 17.9 Å². The number of hydrogen-bond donors (Lipinski definition) is 4. The molecule has 1 atom stereocenters. The van der Waals surface area contributed by atoms with Gasteiger partial charge in [0.1, 0.15) is 6.04 Å². The van der Waals surface area contributed by atoms with E-state index >= 15 is 0 Å².